The molecule has 0 aliphatic rings. The van der Waals surface area contributed by atoms with Crippen molar-refractivity contribution >= 4 is 18.9 Å². The summed E-state index contributed by atoms with van der Waals surface area (Å²) in [6.07, 6.45) is 24.4. The van der Waals surface area contributed by atoms with Gasteiger partial charge in [-0.1, -0.05) is 123 Å². The molecule has 0 bridgehead atoms. The van der Waals surface area contributed by atoms with E-state index in [0.717, 1.165) is 6.08 Å². The maximum Gasteiger partial charge on any atom is 0.341 e. The predicted molar refractivity (Wildman–Crippen MR) is 110 cm³/mol. The minimum absolute atomic E-state index is 0.529. The van der Waals surface area contributed by atoms with Crippen molar-refractivity contribution in [1.29, 1.82) is 0 Å². The second-order valence-corrected chi connectivity index (χ2v) is 6.75. The molecule has 144 valence electrons. The summed E-state index contributed by atoms with van der Waals surface area (Å²) in [5.74, 6) is -0.529. The molecule has 0 heterocycles. The van der Waals surface area contributed by atoms with E-state index in [4.69, 9.17) is 0 Å². The molecular weight excluding hydrogens is 316 g/mol. The Morgan fingerprint density at radius 1 is 0.708 bits per heavy atom. The van der Waals surface area contributed by atoms with Gasteiger partial charge >= 0.3 is 5.97 Å². The lowest BCUT2D eigenvalue weighted by atomic mass is 10.0. The van der Waals surface area contributed by atoms with Gasteiger partial charge in [-0.2, -0.15) is 0 Å². The van der Waals surface area contributed by atoms with Crippen LogP contribution in [0.5, 0.6) is 0 Å². The highest BCUT2D eigenvalue weighted by atomic mass is 32.1. The Morgan fingerprint density at radius 3 is 1.08 bits per heavy atom. The Kier molecular flexibility index (Phi) is 26.7. The number of thiol groups is 1. The van der Waals surface area contributed by atoms with E-state index in [9.17, 15) is 4.79 Å². The van der Waals surface area contributed by atoms with Gasteiger partial charge in [0, 0.05) is 19.0 Å². The van der Waals surface area contributed by atoms with Crippen molar-refractivity contribution in [3.8, 4) is 0 Å². The Morgan fingerprint density at radius 2 is 0.958 bits per heavy atom. The number of hydrogen-bond acceptors (Lipinski definition) is 3. The predicted octanol–water partition coefficient (Wildman–Crippen LogP) is 7.83. The Bertz CT molecular complexity index is 238. The molecule has 0 aromatic heterocycles. The molecule has 0 N–H and O–H groups in total. The minimum atomic E-state index is -0.529. The van der Waals surface area contributed by atoms with E-state index in [1.165, 1.54) is 103 Å². The van der Waals surface area contributed by atoms with Gasteiger partial charge in [-0.3, -0.25) is 0 Å². The van der Waals surface area contributed by atoms with E-state index in [2.05, 4.69) is 37.5 Å². The zero-order valence-corrected chi connectivity index (χ0v) is 17.3. The molecule has 0 aliphatic heterocycles. The first-order valence-electron chi connectivity index (χ1n) is 10.2. The van der Waals surface area contributed by atoms with Gasteiger partial charge in [-0.25, -0.2) is 4.79 Å². The van der Waals surface area contributed by atoms with Crippen molar-refractivity contribution in [1.82, 2.24) is 0 Å². The van der Waals surface area contributed by atoms with E-state index >= 15 is 0 Å². The Hall–Kier alpha value is -0.440. The molecule has 0 unspecified atom stereocenters. The van der Waals surface area contributed by atoms with Crippen LogP contribution in [0.3, 0.4) is 0 Å². The fourth-order valence-corrected chi connectivity index (χ4v) is 2.73. The average Bonchev–Trinajstić information content (AvgIpc) is 2.62. The van der Waals surface area contributed by atoms with Gasteiger partial charge in [0.25, 0.3) is 0 Å². The van der Waals surface area contributed by atoms with Crippen LogP contribution in [0, 0.1) is 0 Å². The SMILES string of the molecule is C=CC(=O)OS.CCCCCCCCCCCCCCCCCC. The third-order valence-electron chi connectivity index (χ3n) is 4.21. The highest BCUT2D eigenvalue weighted by molar-refractivity contribution is 7.75. The number of hydrogen-bond donors (Lipinski definition) is 1. The van der Waals surface area contributed by atoms with Gasteiger partial charge in [0.15, 0.2) is 0 Å². The lowest BCUT2D eigenvalue weighted by Gasteiger charge is -2.03. The number of carbonyl (C=O) groups excluding carboxylic acids is 1. The van der Waals surface area contributed by atoms with Crippen molar-refractivity contribution in [2.75, 3.05) is 0 Å². The molecule has 0 atom stereocenters. The molecule has 24 heavy (non-hydrogen) atoms. The van der Waals surface area contributed by atoms with Crippen molar-refractivity contribution < 1.29 is 8.98 Å². The molecule has 0 saturated carbocycles. The second kappa shape index (κ2) is 24.8. The lowest BCUT2D eigenvalue weighted by Crippen LogP contribution is -1.86. The highest BCUT2D eigenvalue weighted by Crippen LogP contribution is 2.13. The fourth-order valence-electron chi connectivity index (χ4n) is 2.66. The molecule has 0 aromatic rings. The van der Waals surface area contributed by atoms with Crippen LogP contribution in [-0.4, -0.2) is 5.97 Å². The molecule has 0 rings (SSSR count). The molecule has 0 spiro atoms. The number of carbonyl (C=O) groups is 1. The summed E-state index contributed by atoms with van der Waals surface area (Å²) in [5.41, 5.74) is 0. The van der Waals surface area contributed by atoms with Crippen LogP contribution in [0.2, 0.25) is 0 Å². The zero-order valence-electron chi connectivity index (χ0n) is 16.4. The summed E-state index contributed by atoms with van der Waals surface area (Å²) >= 11 is 3.17. The molecule has 0 radical (unpaired) electrons. The second-order valence-electron chi connectivity index (χ2n) is 6.56. The van der Waals surface area contributed by atoms with Crippen molar-refractivity contribution in [2.24, 2.45) is 0 Å². The maximum absolute atomic E-state index is 9.76. The van der Waals surface area contributed by atoms with Gasteiger partial charge in [-0.15, -0.1) is 0 Å². The van der Waals surface area contributed by atoms with Gasteiger partial charge in [0.05, 0.1) is 0 Å². The van der Waals surface area contributed by atoms with Crippen molar-refractivity contribution in [3.05, 3.63) is 12.7 Å². The van der Waals surface area contributed by atoms with E-state index in [-0.39, 0.29) is 0 Å². The molecular formula is C21H42O2S. The monoisotopic (exact) mass is 358 g/mol. The topological polar surface area (TPSA) is 26.3 Å². The maximum atomic E-state index is 9.76. The quantitative estimate of drug-likeness (QED) is 0.132. The molecule has 2 nitrogen and oxygen atoms in total. The summed E-state index contributed by atoms with van der Waals surface area (Å²) in [7, 11) is 0. The van der Waals surface area contributed by atoms with Gasteiger partial charge in [0.1, 0.15) is 0 Å². The first-order valence-corrected chi connectivity index (χ1v) is 10.6. The van der Waals surface area contributed by atoms with Crippen LogP contribution >= 0.6 is 12.9 Å². The van der Waals surface area contributed by atoms with Crippen molar-refractivity contribution in [3.63, 3.8) is 0 Å². The number of unbranched alkanes of at least 4 members (excludes halogenated alkanes) is 15. The summed E-state index contributed by atoms with van der Waals surface area (Å²) in [6.45, 7) is 7.70. The third-order valence-corrected chi connectivity index (χ3v) is 4.39. The van der Waals surface area contributed by atoms with Gasteiger partial charge in [0.2, 0.25) is 0 Å². The van der Waals surface area contributed by atoms with Crippen LogP contribution in [0.15, 0.2) is 12.7 Å². The van der Waals surface area contributed by atoms with Crippen LogP contribution < -0.4 is 0 Å². The van der Waals surface area contributed by atoms with Crippen LogP contribution in [-0.2, 0) is 8.98 Å². The van der Waals surface area contributed by atoms with E-state index in [1.54, 1.807) is 0 Å². The van der Waals surface area contributed by atoms with E-state index in [1.807, 2.05) is 0 Å². The largest absolute Gasteiger partial charge is 0.391 e. The van der Waals surface area contributed by atoms with Crippen molar-refractivity contribution in [2.45, 2.75) is 117 Å². The Balaban J connectivity index is 0. The summed E-state index contributed by atoms with van der Waals surface area (Å²) in [5, 5.41) is 0. The fraction of sp³-hybridized carbons (Fsp3) is 0.857. The van der Waals surface area contributed by atoms with Gasteiger partial charge in [-0.05, 0) is 0 Å². The first kappa shape index (κ1) is 25.8. The molecule has 0 fully saturated rings. The molecule has 0 saturated heterocycles. The summed E-state index contributed by atoms with van der Waals surface area (Å²) in [6, 6.07) is 0. The van der Waals surface area contributed by atoms with E-state index < -0.39 is 5.97 Å². The standard InChI is InChI=1S/C18H38.C3H4O2S/c1-3-5-7-9-11-13-15-17-18-16-14-12-10-8-6-4-2;1-2-3(4)5-6/h3-18H2,1-2H3;2,6H,1H2. The molecule has 0 aromatic carbocycles. The number of rotatable bonds is 16. The average molecular weight is 359 g/mol. The van der Waals surface area contributed by atoms with E-state index in [0.29, 0.717) is 0 Å². The zero-order chi connectivity index (χ0) is 18.3. The van der Waals surface area contributed by atoms with Crippen LogP contribution in [0.25, 0.3) is 0 Å². The summed E-state index contributed by atoms with van der Waals surface area (Å²) < 4.78 is 3.84. The molecule has 0 amide bonds. The minimum Gasteiger partial charge on any atom is -0.391 e. The normalized spacial score (nSPS) is 9.96. The van der Waals surface area contributed by atoms with Gasteiger partial charge < -0.3 is 4.18 Å². The molecule has 0 aliphatic carbocycles. The van der Waals surface area contributed by atoms with Crippen LogP contribution in [0.1, 0.15) is 117 Å². The van der Waals surface area contributed by atoms with Crippen LogP contribution in [0.4, 0.5) is 0 Å². The third kappa shape index (κ3) is 26.5. The molecule has 3 heteroatoms. The Labute approximate surface area is 157 Å². The highest BCUT2D eigenvalue weighted by Gasteiger charge is 1.93. The summed E-state index contributed by atoms with van der Waals surface area (Å²) in [4.78, 5) is 9.76. The first-order chi connectivity index (χ1) is 11.7. The smallest absolute Gasteiger partial charge is 0.341 e. The lowest BCUT2D eigenvalue weighted by molar-refractivity contribution is -0.127.